The maximum atomic E-state index is 11.3. The van der Waals surface area contributed by atoms with Crippen molar-refractivity contribution in [2.24, 2.45) is 0 Å². The van der Waals surface area contributed by atoms with Gasteiger partial charge in [0.05, 0.1) is 11.4 Å². The smallest absolute Gasteiger partial charge is 0.264 e. The zero-order valence-corrected chi connectivity index (χ0v) is 8.22. The van der Waals surface area contributed by atoms with Crippen LogP contribution in [0.4, 0.5) is 11.4 Å². The normalized spacial score (nSPS) is 18.2. The Balaban J connectivity index is 2.64. The molecule has 0 saturated heterocycles. The van der Waals surface area contributed by atoms with Gasteiger partial charge in [-0.15, -0.1) is 0 Å². The number of nitrogens with zero attached hydrogens (tertiary/aromatic N) is 1. The van der Waals surface area contributed by atoms with Crippen LogP contribution in [-0.4, -0.2) is 15.5 Å². The highest BCUT2D eigenvalue weighted by atomic mass is 32.2. The van der Waals surface area contributed by atoms with Crippen molar-refractivity contribution < 1.29 is 8.42 Å². The van der Waals surface area contributed by atoms with Gasteiger partial charge in [0.15, 0.2) is 0 Å². The van der Waals surface area contributed by atoms with Crippen LogP contribution in [0, 0.1) is 6.92 Å². The molecule has 0 aromatic heterocycles. The lowest BCUT2D eigenvalue weighted by molar-refractivity contribution is 0.601. The predicted octanol–water partition coefficient (Wildman–Crippen LogP) is 1.10. The fourth-order valence-electron chi connectivity index (χ4n) is 1.33. The third kappa shape index (κ3) is 1.16. The highest BCUT2D eigenvalue weighted by molar-refractivity contribution is 7.94. The Bertz CT molecular complexity index is 453. The lowest BCUT2D eigenvalue weighted by Crippen LogP contribution is -2.25. The van der Waals surface area contributed by atoms with Gasteiger partial charge >= 0.3 is 10.2 Å². The predicted molar refractivity (Wildman–Crippen MR) is 52.1 cm³/mol. The summed E-state index contributed by atoms with van der Waals surface area (Å²) in [7, 11) is -1.78. The first-order chi connectivity index (χ1) is 6.00. The number of nitrogens with one attached hydrogen (secondary N) is 1. The third-order valence-electron chi connectivity index (χ3n) is 2.09. The molecule has 1 aromatic carbocycles. The van der Waals surface area contributed by atoms with Crippen LogP contribution in [0.15, 0.2) is 18.2 Å². The highest BCUT2D eigenvalue weighted by Crippen LogP contribution is 2.34. The molecule has 1 aliphatic rings. The molecular weight excluding hydrogens is 188 g/mol. The number of anilines is 2. The molecule has 0 unspecified atom stereocenters. The Morgan fingerprint density at radius 2 is 2.08 bits per heavy atom. The molecule has 0 fully saturated rings. The van der Waals surface area contributed by atoms with Crippen molar-refractivity contribution in [3.63, 3.8) is 0 Å². The molecule has 0 radical (unpaired) electrons. The first kappa shape index (κ1) is 8.37. The van der Waals surface area contributed by atoms with Crippen LogP contribution in [0.2, 0.25) is 0 Å². The summed E-state index contributed by atoms with van der Waals surface area (Å²) in [4.78, 5) is 0. The molecule has 0 saturated carbocycles. The summed E-state index contributed by atoms with van der Waals surface area (Å²) in [6.45, 7) is 1.93. The average Bonchev–Trinajstić information content (AvgIpc) is 2.26. The van der Waals surface area contributed by atoms with Gasteiger partial charge in [-0.3, -0.25) is 9.03 Å². The van der Waals surface area contributed by atoms with Crippen LogP contribution >= 0.6 is 0 Å². The maximum absolute atomic E-state index is 11.3. The summed E-state index contributed by atoms with van der Waals surface area (Å²) in [6, 6.07) is 5.49. The summed E-state index contributed by atoms with van der Waals surface area (Å²) in [6.07, 6.45) is 0. The summed E-state index contributed by atoms with van der Waals surface area (Å²) in [5, 5.41) is 0. The Morgan fingerprint density at radius 3 is 2.77 bits per heavy atom. The monoisotopic (exact) mass is 198 g/mol. The van der Waals surface area contributed by atoms with Crippen molar-refractivity contribution in [1.82, 2.24) is 0 Å². The maximum Gasteiger partial charge on any atom is 0.323 e. The molecule has 0 amide bonds. The van der Waals surface area contributed by atoms with E-state index in [4.69, 9.17) is 0 Å². The molecule has 1 aromatic rings. The van der Waals surface area contributed by atoms with Crippen LogP contribution in [0.1, 0.15) is 5.56 Å². The molecule has 4 nitrogen and oxygen atoms in total. The topological polar surface area (TPSA) is 49.4 Å². The SMILES string of the molecule is Cc1ccc2c(c1)N(C)S(=O)(=O)N2. The molecule has 13 heavy (non-hydrogen) atoms. The van der Waals surface area contributed by atoms with Gasteiger partial charge in [-0.2, -0.15) is 8.42 Å². The second-order valence-corrected chi connectivity index (χ2v) is 4.80. The second kappa shape index (κ2) is 2.38. The van der Waals surface area contributed by atoms with E-state index in [2.05, 4.69) is 4.72 Å². The Hall–Kier alpha value is -1.23. The lowest BCUT2D eigenvalue weighted by Gasteiger charge is -2.08. The number of hydrogen-bond donors (Lipinski definition) is 1. The minimum Gasteiger partial charge on any atom is -0.264 e. The van der Waals surface area contributed by atoms with Crippen LogP contribution in [0.3, 0.4) is 0 Å². The standard InChI is InChI=1S/C8H10N2O2S/c1-6-3-4-7-8(5-6)10(2)13(11,12)9-7/h3-5,9H,1-2H3. The van der Waals surface area contributed by atoms with Gasteiger partial charge in [-0.05, 0) is 24.6 Å². The molecule has 70 valence electrons. The number of rotatable bonds is 0. The number of hydrogen-bond acceptors (Lipinski definition) is 2. The highest BCUT2D eigenvalue weighted by Gasteiger charge is 2.28. The minimum atomic E-state index is -3.32. The van der Waals surface area contributed by atoms with E-state index in [0.717, 1.165) is 5.56 Å². The van der Waals surface area contributed by atoms with E-state index >= 15 is 0 Å². The zero-order chi connectivity index (χ0) is 9.64. The van der Waals surface area contributed by atoms with Gasteiger partial charge in [0, 0.05) is 7.05 Å². The van der Waals surface area contributed by atoms with Gasteiger partial charge in [0.1, 0.15) is 0 Å². The summed E-state index contributed by atoms with van der Waals surface area (Å²) >= 11 is 0. The first-order valence-corrected chi connectivity index (χ1v) is 5.32. The van der Waals surface area contributed by atoms with E-state index in [0.29, 0.717) is 11.4 Å². The lowest BCUT2D eigenvalue weighted by atomic mass is 10.2. The van der Waals surface area contributed by atoms with Gasteiger partial charge in [0.2, 0.25) is 0 Å². The van der Waals surface area contributed by atoms with E-state index in [-0.39, 0.29) is 0 Å². The van der Waals surface area contributed by atoms with Crippen molar-refractivity contribution in [3.05, 3.63) is 23.8 Å². The van der Waals surface area contributed by atoms with E-state index in [1.807, 2.05) is 19.1 Å². The van der Waals surface area contributed by atoms with Crippen molar-refractivity contribution in [2.75, 3.05) is 16.1 Å². The number of aryl methyl sites for hydroxylation is 1. The van der Waals surface area contributed by atoms with Crippen LogP contribution in [-0.2, 0) is 10.2 Å². The molecule has 1 heterocycles. The van der Waals surface area contributed by atoms with Gasteiger partial charge in [0.25, 0.3) is 0 Å². The molecule has 0 aliphatic carbocycles. The fourth-order valence-corrected chi connectivity index (χ4v) is 2.32. The third-order valence-corrected chi connectivity index (χ3v) is 3.49. The zero-order valence-electron chi connectivity index (χ0n) is 7.40. The molecule has 5 heteroatoms. The number of benzene rings is 1. The molecule has 2 rings (SSSR count). The van der Waals surface area contributed by atoms with Crippen molar-refractivity contribution in [2.45, 2.75) is 6.92 Å². The fraction of sp³-hybridized carbons (Fsp3) is 0.250. The van der Waals surface area contributed by atoms with E-state index in [9.17, 15) is 8.42 Å². The van der Waals surface area contributed by atoms with Crippen LogP contribution in [0.25, 0.3) is 0 Å². The van der Waals surface area contributed by atoms with E-state index in [1.165, 1.54) is 11.4 Å². The second-order valence-electron chi connectivity index (χ2n) is 3.10. The first-order valence-electron chi connectivity index (χ1n) is 3.88. The van der Waals surface area contributed by atoms with Gasteiger partial charge in [-0.25, -0.2) is 0 Å². The summed E-state index contributed by atoms with van der Waals surface area (Å²) in [5.74, 6) is 0. The van der Waals surface area contributed by atoms with Crippen LogP contribution in [0.5, 0.6) is 0 Å². The quantitative estimate of drug-likeness (QED) is 0.678. The van der Waals surface area contributed by atoms with E-state index in [1.54, 1.807) is 6.07 Å². The largest absolute Gasteiger partial charge is 0.323 e. The van der Waals surface area contributed by atoms with Crippen LogP contribution < -0.4 is 9.03 Å². The molecule has 1 aliphatic heterocycles. The Morgan fingerprint density at radius 1 is 1.38 bits per heavy atom. The molecular formula is C8H10N2O2S. The van der Waals surface area contributed by atoms with Crippen molar-refractivity contribution >= 4 is 21.6 Å². The summed E-state index contributed by atoms with van der Waals surface area (Å²) in [5.41, 5.74) is 2.40. The van der Waals surface area contributed by atoms with Crippen molar-refractivity contribution in [1.29, 1.82) is 0 Å². The molecule has 0 bridgehead atoms. The molecule has 0 spiro atoms. The molecule has 1 N–H and O–H groups in total. The minimum absolute atomic E-state index is 0.646. The van der Waals surface area contributed by atoms with Gasteiger partial charge < -0.3 is 0 Å². The average molecular weight is 198 g/mol. The Kier molecular flexibility index (Phi) is 1.53. The molecule has 0 atom stereocenters. The van der Waals surface area contributed by atoms with Crippen molar-refractivity contribution in [3.8, 4) is 0 Å². The Labute approximate surface area is 77.4 Å². The van der Waals surface area contributed by atoms with Gasteiger partial charge in [-0.1, -0.05) is 6.07 Å². The summed E-state index contributed by atoms with van der Waals surface area (Å²) < 4.78 is 26.4. The van der Waals surface area contributed by atoms with E-state index < -0.39 is 10.2 Å². The number of fused-ring (bicyclic) bond motifs is 1.